The van der Waals surface area contributed by atoms with Gasteiger partial charge in [0, 0.05) is 23.5 Å². The summed E-state index contributed by atoms with van der Waals surface area (Å²) in [4.78, 5) is 14.7. The quantitative estimate of drug-likeness (QED) is 0.749. The fourth-order valence-corrected chi connectivity index (χ4v) is 3.21. The number of nitrogens with zero attached hydrogens (tertiary/aromatic N) is 1. The van der Waals surface area contributed by atoms with E-state index in [2.05, 4.69) is 10.1 Å². The Labute approximate surface area is 152 Å². The summed E-state index contributed by atoms with van der Waals surface area (Å²) in [5, 5.41) is 2.61. The van der Waals surface area contributed by atoms with E-state index in [-0.39, 0.29) is 23.9 Å². The molecule has 0 saturated carbocycles. The number of halogens is 4. The predicted molar refractivity (Wildman–Crippen MR) is 90.8 cm³/mol. The van der Waals surface area contributed by atoms with Crippen LogP contribution in [0.1, 0.15) is 17.4 Å². The number of carbonyl (C=O) groups is 1. The summed E-state index contributed by atoms with van der Waals surface area (Å²) in [6, 6.07) is 8.89. The van der Waals surface area contributed by atoms with E-state index in [0.29, 0.717) is 17.4 Å². The number of carbonyl (C=O) groups excluding carboxylic acids is 1. The molecule has 2 aromatic rings. The van der Waals surface area contributed by atoms with E-state index in [4.69, 9.17) is 11.6 Å². The van der Waals surface area contributed by atoms with E-state index in [1.165, 1.54) is 34.4 Å². The van der Waals surface area contributed by atoms with Crippen LogP contribution in [0.4, 0.5) is 18.0 Å². The molecule has 0 radical (unpaired) electrons. The highest BCUT2D eigenvalue weighted by Crippen LogP contribution is 2.26. The molecule has 0 atom stereocenters. The van der Waals surface area contributed by atoms with Crippen molar-refractivity contribution >= 4 is 29.0 Å². The van der Waals surface area contributed by atoms with E-state index in [9.17, 15) is 18.0 Å². The molecule has 1 N–H and O–H groups in total. The lowest BCUT2D eigenvalue weighted by Gasteiger charge is -2.21. The molecule has 0 bridgehead atoms. The van der Waals surface area contributed by atoms with Crippen molar-refractivity contribution < 1.29 is 22.7 Å². The molecular weight excluding hydrogens is 377 g/mol. The van der Waals surface area contributed by atoms with Gasteiger partial charge in [-0.2, -0.15) is 0 Å². The van der Waals surface area contributed by atoms with Gasteiger partial charge in [0.2, 0.25) is 0 Å². The van der Waals surface area contributed by atoms with Gasteiger partial charge in [-0.15, -0.1) is 24.5 Å². The summed E-state index contributed by atoms with van der Waals surface area (Å²) < 4.78 is 41.9. The molecule has 0 aliphatic rings. The maximum absolute atomic E-state index is 12.4. The second-order valence-electron chi connectivity index (χ2n) is 5.03. The van der Waals surface area contributed by atoms with Crippen LogP contribution in [0.3, 0.4) is 0 Å². The second-order valence-corrected chi connectivity index (χ2v) is 6.83. The Morgan fingerprint density at radius 2 is 2.00 bits per heavy atom. The largest absolute Gasteiger partial charge is 0.573 e. The topological polar surface area (TPSA) is 41.6 Å². The van der Waals surface area contributed by atoms with Crippen molar-refractivity contribution in [3.05, 3.63) is 51.2 Å². The van der Waals surface area contributed by atoms with Gasteiger partial charge in [-0.1, -0.05) is 29.8 Å². The molecule has 25 heavy (non-hydrogen) atoms. The molecule has 0 aliphatic carbocycles. The molecule has 0 spiro atoms. The van der Waals surface area contributed by atoms with Crippen LogP contribution in [0, 0.1) is 0 Å². The molecule has 0 saturated heterocycles. The number of hydrogen-bond donors (Lipinski definition) is 1. The number of nitrogens with one attached hydrogen (secondary N) is 1. The average Bonchev–Trinajstić information content (AvgIpc) is 2.95. The van der Waals surface area contributed by atoms with Crippen molar-refractivity contribution in [2.24, 2.45) is 0 Å². The Morgan fingerprint density at radius 1 is 1.28 bits per heavy atom. The van der Waals surface area contributed by atoms with Gasteiger partial charge in [0.05, 0.1) is 10.9 Å². The van der Waals surface area contributed by atoms with Gasteiger partial charge in [-0.25, -0.2) is 4.79 Å². The molecule has 136 valence electrons. The number of amides is 2. The molecule has 2 rings (SSSR count). The summed E-state index contributed by atoms with van der Waals surface area (Å²) in [6.07, 6.45) is -4.78. The zero-order valence-corrected chi connectivity index (χ0v) is 14.8. The lowest BCUT2D eigenvalue weighted by molar-refractivity contribution is -0.274. The lowest BCUT2D eigenvalue weighted by atomic mass is 10.2. The maximum Gasteiger partial charge on any atom is 0.573 e. The van der Waals surface area contributed by atoms with E-state index in [0.717, 1.165) is 4.88 Å². The summed E-state index contributed by atoms with van der Waals surface area (Å²) >= 11 is 7.24. The highest BCUT2D eigenvalue weighted by molar-refractivity contribution is 7.16. The van der Waals surface area contributed by atoms with Gasteiger partial charge in [0.1, 0.15) is 5.75 Å². The van der Waals surface area contributed by atoms with Crippen LogP contribution in [0.2, 0.25) is 4.34 Å². The highest BCUT2D eigenvalue weighted by Gasteiger charge is 2.32. The van der Waals surface area contributed by atoms with Gasteiger partial charge in [0.25, 0.3) is 0 Å². The minimum atomic E-state index is -4.78. The van der Waals surface area contributed by atoms with Gasteiger partial charge in [-0.3, -0.25) is 0 Å². The lowest BCUT2D eigenvalue weighted by Crippen LogP contribution is -2.39. The van der Waals surface area contributed by atoms with Crippen LogP contribution in [0.15, 0.2) is 36.4 Å². The molecule has 0 aliphatic heterocycles. The van der Waals surface area contributed by atoms with Crippen molar-refractivity contribution in [3.8, 4) is 5.75 Å². The first-order valence-corrected chi connectivity index (χ1v) is 8.58. The molecule has 1 heterocycles. The van der Waals surface area contributed by atoms with E-state index < -0.39 is 6.36 Å². The van der Waals surface area contributed by atoms with Gasteiger partial charge in [-0.05, 0) is 25.1 Å². The molecule has 0 unspecified atom stereocenters. The number of benzene rings is 1. The summed E-state index contributed by atoms with van der Waals surface area (Å²) in [6.45, 7) is 2.56. The van der Waals surface area contributed by atoms with Crippen molar-refractivity contribution in [2.75, 3.05) is 6.54 Å². The zero-order valence-electron chi connectivity index (χ0n) is 13.3. The normalized spacial score (nSPS) is 11.2. The Hall–Kier alpha value is -1.93. The minimum Gasteiger partial charge on any atom is -0.405 e. The van der Waals surface area contributed by atoms with Crippen LogP contribution in [0.5, 0.6) is 5.75 Å². The maximum atomic E-state index is 12.4. The number of ether oxygens (including phenoxy) is 1. The fraction of sp³-hybridized carbons (Fsp3) is 0.312. The van der Waals surface area contributed by atoms with Crippen molar-refractivity contribution in [3.63, 3.8) is 0 Å². The molecule has 9 heteroatoms. The SMILES string of the molecule is CCN(Cc1ccc(Cl)s1)C(=O)NCc1ccccc1OC(F)(F)F. The smallest absolute Gasteiger partial charge is 0.405 e. The standard InChI is InChI=1S/C16H16ClF3N2O2S/c1-2-22(10-12-7-8-14(17)25-12)15(23)21-9-11-5-3-4-6-13(11)24-16(18,19)20/h3-8H,2,9-10H2,1H3,(H,21,23). The van der Waals surface area contributed by atoms with Gasteiger partial charge >= 0.3 is 12.4 Å². The van der Waals surface area contributed by atoms with Gasteiger partial charge < -0.3 is 15.0 Å². The monoisotopic (exact) mass is 392 g/mol. The van der Waals surface area contributed by atoms with Crippen LogP contribution in [0.25, 0.3) is 0 Å². The fourth-order valence-electron chi connectivity index (χ4n) is 2.11. The van der Waals surface area contributed by atoms with Crippen LogP contribution in [-0.2, 0) is 13.1 Å². The summed E-state index contributed by atoms with van der Waals surface area (Å²) in [7, 11) is 0. The number of para-hydroxylation sites is 1. The molecular formula is C16H16ClF3N2O2S. The Bertz CT molecular complexity index is 721. The average molecular weight is 393 g/mol. The number of rotatable bonds is 6. The van der Waals surface area contributed by atoms with E-state index >= 15 is 0 Å². The molecule has 4 nitrogen and oxygen atoms in total. The zero-order chi connectivity index (χ0) is 18.4. The molecule has 1 aromatic carbocycles. The third-order valence-corrected chi connectivity index (χ3v) is 4.49. The van der Waals surface area contributed by atoms with Crippen LogP contribution in [-0.4, -0.2) is 23.8 Å². The Kier molecular flexibility index (Phi) is 6.55. The second kappa shape index (κ2) is 8.44. The van der Waals surface area contributed by atoms with Crippen molar-refractivity contribution in [1.29, 1.82) is 0 Å². The van der Waals surface area contributed by atoms with Crippen molar-refractivity contribution in [1.82, 2.24) is 10.2 Å². The predicted octanol–water partition coefficient (Wildman–Crippen LogP) is 5.03. The molecule has 0 fully saturated rings. The number of urea groups is 1. The summed E-state index contributed by atoms with van der Waals surface area (Å²) in [5.41, 5.74) is 0.239. The molecule has 1 aromatic heterocycles. The first kappa shape index (κ1) is 19.4. The summed E-state index contributed by atoms with van der Waals surface area (Å²) in [5.74, 6) is -0.330. The first-order chi connectivity index (χ1) is 11.8. The van der Waals surface area contributed by atoms with Gasteiger partial charge in [0.15, 0.2) is 0 Å². The van der Waals surface area contributed by atoms with Crippen molar-refractivity contribution in [2.45, 2.75) is 26.4 Å². The third-order valence-electron chi connectivity index (χ3n) is 3.27. The Morgan fingerprint density at radius 3 is 2.60 bits per heavy atom. The number of hydrogen-bond acceptors (Lipinski definition) is 3. The number of alkyl halides is 3. The molecule has 2 amide bonds. The third kappa shape index (κ3) is 6.13. The van der Waals surface area contributed by atoms with Crippen LogP contribution < -0.4 is 10.1 Å². The van der Waals surface area contributed by atoms with E-state index in [1.54, 1.807) is 12.1 Å². The number of thiophene rings is 1. The first-order valence-electron chi connectivity index (χ1n) is 7.39. The van der Waals surface area contributed by atoms with Crippen LogP contribution >= 0.6 is 22.9 Å². The highest BCUT2D eigenvalue weighted by atomic mass is 35.5. The van der Waals surface area contributed by atoms with E-state index in [1.807, 2.05) is 13.0 Å². The Balaban J connectivity index is 1.98. The minimum absolute atomic E-state index is 0.0766.